The zero-order valence-electron chi connectivity index (χ0n) is 12.7. The van der Waals surface area contributed by atoms with Crippen molar-refractivity contribution in [3.05, 3.63) is 35.6 Å². The average Bonchev–Trinajstić information content (AvgIpc) is 3.14. The lowest BCUT2D eigenvalue weighted by Crippen LogP contribution is -2.40. The molecule has 2 aliphatic heterocycles. The fourth-order valence-corrected chi connectivity index (χ4v) is 2.88. The zero-order chi connectivity index (χ0) is 16.6. The molecule has 1 amide bonds. The maximum Gasteiger partial charge on any atom is 0.311 e. The van der Waals surface area contributed by atoms with Crippen LogP contribution in [0, 0.1) is 11.2 Å². The molecule has 0 bridgehead atoms. The number of rotatable bonds is 3. The molecule has 0 aromatic heterocycles. The van der Waals surface area contributed by atoms with Crippen LogP contribution in [0.4, 0.5) is 4.39 Å². The summed E-state index contributed by atoms with van der Waals surface area (Å²) in [5, 5.41) is 13.1. The van der Waals surface area contributed by atoms with E-state index < -0.39 is 17.5 Å². The minimum absolute atomic E-state index is 0.163. The summed E-state index contributed by atoms with van der Waals surface area (Å²) in [6, 6.07) is 5.95. The first kappa shape index (κ1) is 15.5. The lowest BCUT2D eigenvalue weighted by Gasteiger charge is -2.21. The van der Waals surface area contributed by atoms with Crippen molar-refractivity contribution in [2.24, 2.45) is 10.6 Å². The van der Waals surface area contributed by atoms with E-state index in [9.17, 15) is 19.1 Å². The summed E-state index contributed by atoms with van der Waals surface area (Å²) in [4.78, 5) is 30.4. The van der Waals surface area contributed by atoms with Crippen molar-refractivity contribution in [1.82, 2.24) is 4.90 Å². The van der Waals surface area contributed by atoms with Crippen molar-refractivity contribution in [3.8, 4) is 0 Å². The van der Waals surface area contributed by atoms with E-state index in [0.29, 0.717) is 24.2 Å². The van der Waals surface area contributed by atoms with Crippen LogP contribution in [-0.2, 0) is 14.4 Å². The SMILES string of the molecule is CC1(C(=O)O)CCN(C(=O)C2CC(c3cccc(F)c3)=NO2)C1. The fourth-order valence-electron chi connectivity index (χ4n) is 2.88. The number of likely N-dealkylation sites (tertiary alicyclic amines) is 1. The summed E-state index contributed by atoms with van der Waals surface area (Å²) in [6.45, 7) is 2.18. The smallest absolute Gasteiger partial charge is 0.311 e. The Labute approximate surface area is 132 Å². The van der Waals surface area contributed by atoms with Crippen LogP contribution in [0.5, 0.6) is 0 Å². The predicted molar refractivity (Wildman–Crippen MR) is 79.4 cm³/mol. The molecule has 1 fully saturated rings. The highest BCUT2D eigenvalue weighted by molar-refractivity contribution is 6.04. The van der Waals surface area contributed by atoms with Crippen LogP contribution in [-0.4, -0.2) is 46.8 Å². The molecule has 1 saturated heterocycles. The van der Waals surface area contributed by atoms with Gasteiger partial charge >= 0.3 is 5.97 Å². The molecular formula is C16H17FN2O4. The molecule has 1 aromatic rings. The Hall–Kier alpha value is -2.44. The summed E-state index contributed by atoms with van der Waals surface area (Å²) in [7, 11) is 0. The molecule has 0 saturated carbocycles. The van der Waals surface area contributed by atoms with Crippen molar-refractivity contribution in [1.29, 1.82) is 0 Å². The number of carboxylic acid groups (broad SMARTS) is 1. The molecule has 23 heavy (non-hydrogen) atoms. The van der Waals surface area contributed by atoms with Crippen LogP contribution in [0.1, 0.15) is 25.3 Å². The van der Waals surface area contributed by atoms with Gasteiger partial charge in [-0.25, -0.2) is 4.39 Å². The molecule has 0 radical (unpaired) electrons. The number of aliphatic carboxylic acids is 1. The van der Waals surface area contributed by atoms with Gasteiger partial charge in [-0.05, 0) is 25.5 Å². The Morgan fingerprint density at radius 2 is 2.26 bits per heavy atom. The van der Waals surface area contributed by atoms with E-state index in [2.05, 4.69) is 5.16 Å². The largest absolute Gasteiger partial charge is 0.481 e. The van der Waals surface area contributed by atoms with E-state index in [-0.39, 0.29) is 24.7 Å². The maximum atomic E-state index is 13.3. The van der Waals surface area contributed by atoms with Crippen LogP contribution in [0.2, 0.25) is 0 Å². The Balaban J connectivity index is 1.65. The van der Waals surface area contributed by atoms with Crippen molar-refractivity contribution in [2.45, 2.75) is 25.9 Å². The highest BCUT2D eigenvalue weighted by Crippen LogP contribution is 2.31. The molecule has 2 aliphatic rings. The first-order chi connectivity index (χ1) is 10.9. The number of hydrogen-bond acceptors (Lipinski definition) is 4. The molecule has 2 heterocycles. The standard InChI is InChI=1S/C16H17FN2O4/c1-16(15(21)22)5-6-19(9-16)14(20)13-8-12(18-23-13)10-3-2-4-11(17)7-10/h2-4,7,13H,5-6,8-9H2,1H3,(H,21,22). The number of carbonyl (C=O) groups is 2. The van der Waals surface area contributed by atoms with E-state index in [1.807, 2.05) is 0 Å². The average molecular weight is 320 g/mol. The van der Waals surface area contributed by atoms with Crippen molar-refractivity contribution in [3.63, 3.8) is 0 Å². The highest BCUT2D eigenvalue weighted by Gasteiger charge is 2.44. The Bertz CT molecular complexity index is 690. The van der Waals surface area contributed by atoms with Gasteiger partial charge in [-0.1, -0.05) is 17.3 Å². The number of hydrogen-bond donors (Lipinski definition) is 1. The number of carboxylic acids is 1. The number of benzene rings is 1. The quantitative estimate of drug-likeness (QED) is 0.918. The zero-order valence-corrected chi connectivity index (χ0v) is 12.7. The highest BCUT2D eigenvalue weighted by atomic mass is 19.1. The van der Waals surface area contributed by atoms with Crippen LogP contribution in [0.25, 0.3) is 0 Å². The molecule has 1 N–H and O–H groups in total. The van der Waals surface area contributed by atoms with Gasteiger partial charge in [0, 0.05) is 25.1 Å². The summed E-state index contributed by atoms with van der Waals surface area (Å²) in [6.07, 6.45) is -0.106. The van der Waals surface area contributed by atoms with Crippen molar-refractivity contribution in [2.75, 3.05) is 13.1 Å². The summed E-state index contributed by atoms with van der Waals surface area (Å²) in [5.74, 6) is -1.56. The second kappa shape index (κ2) is 5.64. The second-order valence-corrected chi connectivity index (χ2v) is 6.22. The summed E-state index contributed by atoms with van der Waals surface area (Å²) in [5.41, 5.74) is 0.181. The van der Waals surface area contributed by atoms with Gasteiger partial charge in [0.2, 0.25) is 6.10 Å². The van der Waals surface area contributed by atoms with Gasteiger partial charge in [-0.15, -0.1) is 0 Å². The van der Waals surface area contributed by atoms with Gasteiger partial charge < -0.3 is 14.8 Å². The third-order valence-electron chi connectivity index (χ3n) is 4.40. The monoisotopic (exact) mass is 320 g/mol. The van der Waals surface area contributed by atoms with E-state index >= 15 is 0 Å². The van der Waals surface area contributed by atoms with Crippen molar-refractivity contribution < 1.29 is 23.9 Å². The van der Waals surface area contributed by atoms with Gasteiger partial charge in [0.1, 0.15) is 5.82 Å². The first-order valence-corrected chi connectivity index (χ1v) is 7.40. The van der Waals surface area contributed by atoms with Gasteiger partial charge in [0.15, 0.2) is 0 Å². The number of nitrogens with zero attached hydrogens (tertiary/aromatic N) is 2. The van der Waals surface area contributed by atoms with E-state index in [1.165, 1.54) is 17.0 Å². The normalized spacial score (nSPS) is 26.8. The molecule has 2 atom stereocenters. The molecule has 0 aliphatic carbocycles. The fraction of sp³-hybridized carbons (Fsp3) is 0.438. The third kappa shape index (κ3) is 2.91. The molecule has 6 nitrogen and oxygen atoms in total. The number of oxime groups is 1. The van der Waals surface area contributed by atoms with Gasteiger partial charge in [0.25, 0.3) is 5.91 Å². The maximum absolute atomic E-state index is 13.3. The van der Waals surface area contributed by atoms with Crippen LogP contribution in [0.15, 0.2) is 29.4 Å². The van der Waals surface area contributed by atoms with Gasteiger partial charge in [0.05, 0.1) is 11.1 Å². The second-order valence-electron chi connectivity index (χ2n) is 6.22. The summed E-state index contributed by atoms with van der Waals surface area (Å²) < 4.78 is 13.3. The topological polar surface area (TPSA) is 79.2 Å². The lowest BCUT2D eigenvalue weighted by molar-refractivity contribution is -0.148. The summed E-state index contributed by atoms with van der Waals surface area (Å²) >= 11 is 0. The van der Waals surface area contributed by atoms with Gasteiger partial charge in [-0.2, -0.15) is 0 Å². The predicted octanol–water partition coefficient (Wildman–Crippen LogP) is 1.64. The third-order valence-corrected chi connectivity index (χ3v) is 4.40. The van der Waals surface area contributed by atoms with Crippen molar-refractivity contribution >= 4 is 17.6 Å². The molecule has 0 spiro atoms. The lowest BCUT2D eigenvalue weighted by atomic mass is 9.90. The number of carbonyl (C=O) groups excluding carboxylic acids is 1. The van der Waals surface area contributed by atoms with Crippen LogP contribution in [0.3, 0.4) is 0 Å². The molecule has 3 rings (SSSR count). The van der Waals surface area contributed by atoms with Crippen LogP contribution < -0.4 is 0 Å². The minimum Gasteiger partial charge on any atom is -0.481 e. The van der Waals surface area contributed by atoms with E-state index in [0.717, 1.165) is 0 Å². The molecule has 7 heteroatoms. The van der Waals surface area contributed by atoms with E-state index in [4.69, 9.17) is 4.84 Å². The minimum atomic E-state index is -0.916. The van der Waals surface area contributed by atoms with Gasteiger partial charge in [-0.3, -0.25) is 9.59 Å². The first-order valence-electron chi connectivity index (χ1n) is 7.40. The molecule has 2 unspecified atom stereocenters. The van der Waals surface area contributed by atoms with Crippen LogP contribution >= 0.6 is 0 Å². The Morgan fingerprint density at radius 3 is 2.91 bits per heavy atom. The number of amides is 1. The molecule has 1 aromatic carbocycles. The number of halogens is 1. The Kier molecular flexibility index (Phi) is 3.79. The Morgan fingerprint density at radius 1 is 1.48 bits per heavy atom. The molecular weight excluding hydrogens is 303 g/mol. The molecule has 122 valence electrons. The van der Waals surface area contributed by atoms with E-state index in [1.54, 1.807) is 19.1 Å².